The number of rotatable bonds is 6. The van der Waals surface area contributed by atoms with E-state index < -0.39 is 20.8 Å². The third-order valence-electron chi connectivity index (χ3n) is 10.6. The van der Waals surface area contributed by atoms with Crippen LogP contribution in [0.15, 0.2) is 152 Å². The fraction of sp³-hybridized carbons (Fsp3) is 0.192. The first-order valence-electron chi connectivity index (χ1n) is 19.7. The van der Waals surface area contributed by atoms with Gasteiger partial charge in [-0.25, -0.2) is 0 Å². The summed E-state index contributed by atoms with van der Waals surface area (Å²) in [5.41, 5.74) is 14.0. The van der Waals surface area contributed by atoms with Gasteiger partial charge in [0, 0.05) is 0 Å². The molecule has 0 aliphatic carbocycles. The molecule has 9 rings (SSSR count). The minimum Gasteiger partial charge on any atom is -0.184 e. The quantitative estimate of drug-likeness (QED) is 0.115. The van der Waals surface area contributed by atoms with E-state index in [4.69, 9.17) is 17.0 Å². The van der Waals surface area contributed by atoms with Crippen molar-refractivity contribution in [1.82, 2.24) is 0 Å². The van der Waals surface area contributed by atoms with Crippen molar-refractivity contribution in [2.75, 3.05) is 0 Å². The second-order valence-corrected chi connectivity index (χ2v) is 19.7. The molecule has 0 saturated heterocycles. The van der Waals surface area contributed by atoms with Crippen LogP contribution in [0, 0.1) is 6.07 Å². The van der Waals surface area contributed by atoms with Crippen molar-refractivity contribution in [3.05, 3.63) is 180 Å². The summed E-state index contributed by atoms with van der Waals surface area (Å²) in [7, 11) is 10.7. The molecule has 0 nitrogen and oxygen atoms in total. The first kappa shape index (κ1) is 41.8. The van der Waals surface area contributed by atoms with E-state index >= 15 is 0 Å². The van der Waals surface area contributed by atoms with Gasteiger partial charge in [-0.15, -0.1) is 74.6 Å². The van der Waals surface area contributed by atoms with Crippen LogP contribution in [0.4, 0.5) is 0 Å². The first-order chi connectivity index (χ1) is 27.3. The largest absolute Gasteiger partial charge is 0.184 e. The number of benzene rings is 6. The van der Waals surface area contributed by atoms with Crippen LogP contribution in [0.3, 0.4) is 0 Å². The van der Waals surface area contributed by atoms with Crippen LogP contribution in [0.1, 0.15) is 75.6 Å². The maximum absolute atomic E-state index is 4.93. The summed E-state index contributed by atoms with van der Waals surface area (Å²) in [6.45, 7) is 13.5. The summed E-state index contributed by atoms with van der Waals surface area (Å²) >= 11 is -0.826. The van der Waals surface area contributed by atoms with Gasteiger partial charge in [-0.3, -0.25) is 0 Å². The maximum Gasteiger partial charge on any atom is 0.0920 e. The summed E-state index contributed by atoms with van der Waals surface area (Å²) in [4.78, 5) is 0. The summed E-state index contributed by atoms with van der Waals surface area (Å²) in [5, 5.41) is 8.31. The minimum atomic E-state index is -0.826. The van der Waals surface area contributed by atoms with Gasteiger partial charge >= 0.3 is 37.9 Å². The standard InChI is InChI=1S/2C20H21.C12H7Si.2ClH.Zr/c2*1-4-15-8-5-6-10-18(15)19-11-7-9-16-12-17(14(2)3)13-20(16)19;1-3-7-11-9(5-1)10-6-2-4-8-12(10)13-11;;;/h2*5-14H,4H2,1-3H3;1-7H;2*1H;/q3*-1;;;+2/p-2. The molecule has 8 aromatic rings. The van der Waals surface area contributed by atoms with Crippen LogP contribution in [0.25, 0.3) is 54.9 Å². The number of halogens is 2. The van der Waals surface area contributed by atoms with Crippen molar-refractivity contribution in [3.63, 3.8) is 0 Å². The minimum absolute atomic E-state index is 0.580. The van der Waals surface area contributed by atoms with Crippen molar-refractivity contribution < 1.29 is 20.8 Å². The van der Waals surface area contributed by atoms with Crippen molar-refractivity contribution in [2.24, 2.45) is 0 Å². The number of hydrogen-bond donors (Lipinski definition) is 0. The molecule has 282 valence electrons. The molecule has 0 bridgehead atoms. The predicted octanol–water partition coefficient (Wildman–Crippen LogP) is 14.3. The number of aryl methyl sites for hydroxylation is 2. The smallest absolute Gasteiger partial charge is 0.0920 e. The fourth-order valence-corrected chi connectivity index (χ4v) is 8.87. The van der Waals surface area contributed by atoms with E-state index in [1.54, 1.807) is 0 Å². The Balaban J connectivity index is 0.000000140. The van der Waals surface area contributed by atoms with Gasteiger partial charge < -0.3 is 0 Å². The predicted molar refractivity (Wildman–Crippen MR) is 244 cm³/mol. The van der Waals surface area contributed by atoms with Crippen molar-refractivity contribution in [3.8, 4) is 33.4 Å². The SMILES string of the molecule is CCc1ccccc1-c1cccc2[cH-]c(C(C)C)cc12.CCc1ccccc1-c1cccc2[cH-]c(C(C)C)cc12.[Cl][Zr][Cl].[c-]1cccc2c1[Si]c1ccccc1-2. The zero-order valence-corrected chi connectivity index (χ0v) is 38.2. The number of fused-ring (bicyclic) bond motifs is 5. The van der Waals surface area contributed by atoms with E-state index in [0.29, 0.717) is 11.8 Å². The van der Waals surface area contributed by atoms with E-state index in [-0.39, 0.29) is 0 Å². The molecule has 1 heterocycles. The van der Waals surface area contributed by atoms with Gasteiger partial charge in [0.05, 0.1) is 9.52 Å². The van der Waals surface area contributed by atoms with Crippen molar-refractivity contribution >= 4 is 58.5 Å². The van der Waals surface area contributed by atoms with Crippen LogP contribution >= 0.6 is 17.0 Å². The molecule has 0 spiro atoms. The average Bonchev–Trinajstić information content (AvgIpc) is 3.97. The van der Waals surface area contributed by atoms with Gasteiger partial charge in [0.15, 0.2) is 0 Å². The second kappa shape index (κ2) is 20.1. The van der Waals surface area contributed by atoms with Crippen LogP contribution in [0.2, 0.25) is 0 Å². The molecule has 0 amide bonds. The molecule has 0 saturated carbocycles. The van der Waals surface area contributed by atoms with Gasteiger partial charge in [-0.2, -0.15) is 41.6 Å². The summed E-state index contributed by atoms with van der Waals surface area (Å²) < 4.78 is 0. The maximum atomic E-state index is 4.93. The van der Waals surface area contributed by atoms with Gasteiger partial charge in [0.2, 0.25) is 0 Å². The first-order valence-corrected chi connectivity index (χ1v) is 27.0. The molecule has 56 heavy (non-hydrogen) atoms. The van der Waals surface area contributed by atoms with Crippen molar-refractivity contribution in [2.45, 2.75) is 66.2 Å². The van der Waals surface area contributed by atoms with E-state index in [0.717, 1.165) is 22.4 Å². The van der Waals surface area contributed by atoms with E-state index in [1.807, 2.05) is 6.07 Å². The fourth-order valence-electron chi connectivity index (χ4n) is 7.56. The second-order valence-electron chi connectivity index (χ2n) is 14.7. The molecule has 0 aromatic heterocycles. The number of hydrogen-bond acceptors (Lipinski definition) is 0. The van der Waals surface area contributed by atoms with Gasteiger partial charge in [0.25, 0.3) is 0 Å². The Bertz CT molecular complexity index is 2330. The molecule has 4 heteroatoms. The molecular weight excluding hydrogens is 815 g/mol. The molecule has 0 fully saturated rings. The van der Waals surface area contributed by atoms with Gasteiger partial charge in [-0.05, 0) is 46.9 Å². The molecular formula is C52H49Cl2SiZr-3. The van der Waals surface area contributed by atoms with E-state index in [2.05, 4.69) is 193 Å². The van der Waals surface area contributed by atoms with Crippen LogP contribution in [-0.2, 0) is 33.7 Å². The third-order valence-corrected chi connectivity index (χ3v) is 12.0. The monoisotopic (exact) mass is 861 g/mol. The Morgan fingerprint density at radius 3 is 1.45 bits per heavy atom. The Morgan fingerprint density at radius 1 is 0.536 bits per heavy atom. The summed E-state index contributed by atoms with van der Waals surface area (Å²) in [6, 6.07) is 58.4. The zero-order valence-electron chi connectivity index (χ0n) is 33.3. The van der Waals surface area contributed by atoms with Gasteiger partial charge in [-0.1, -0.05) is 148 Å². The summed E-state index contributed by atoms with van der Waals surface area (Å²) in [5.74, 6) is 1.16. The topological polar surface area (TPSA) is 0 Å². The van der Waals surface area contributed by atoms with Crippen LogP contribution in [0.5, 0.6) is 0 Å². The molecule has 0 N–H and O–H groups in total. The third kappa shape index (κ3) is 9.66. The van der Waals surface area contributed by atoms with Gasteiger partial charge in [0.1, 0.15) is 0 Å². The van der Waals surface area contributed by atoms with Crippen LogP contribution in [-0.4, -0.2) is 9.52 Å². The summed E-state index contributed by atoms with van der Waals surface area (Å²) in [6.07, 6.45) is 2.15. The van der Waals surface area contributed by atoms with Crippen molar-refractivity contribution in [1.29, 1.82) is 0 Å². The molecule has 1 aliphatic heterocycles. The van der Waals surface area contributed by atoms with Crippen LogP contribution < -0.4 is 10.4 Å². The Kier molecular flexibility index (Phi) is 15.0. The Labute approximate surface area is 356 Å². The molecule has 2 radical (unpaired) electrons. The Morgan fingerprint density at radius 2 is 0.964 bits per heavy atom. The molecule has 1 aliphatic rings. The Hall–Kier alpha value is -3.78. The zero-order chi connectivity index (χ0) is 39.6. The molecule has 0 unspecified atom stereocenters. The molecule has 0 atom stereocenters. The van der Waals surface area contributed by atoms with E-state index in [9.17, 15) is 0 Å². The average molecular weight is 864 g/mol. The molecule has 8 aromatic carbocycles. The van der Waals surface area contributed by atoms with E-state index in [1.165, 1.54) is 87.6 Å². The normalized spacial score (nSPS) is 11.2.